The molecule has 0 amide bonds. The fraction of sp³-hybridized carbons (Fsp3) is 0.500. The number of halogens is 1. The molecule has 1 unspecified atom stereocenters. The number of ether oxygens (including phenoxy) is 1. The molecule has 19 heavy (non-hydrogen) atoms. The van der Waals surface area contributed by atoms with Crippen molar-refractivity contribution in [3.05, 3.63) is 28.8 Å². The highest BCUT2D eigenvalue weighted by Crippen LogP contribution is 2.25. The summed E-state index contributed by atoms with van der Waals surface area (Å²) in [4.78, 5) is 2.20. The molecule has 0 aliphatic carbocycles. The first-order chi connectivity index (χ1) is 9.11. The molecule has 1 saturated heterocycles. The monoisotopic (exact) mass is 281 g/mol. The number of nitrogens with zero attached hydrogens (tertiary/aromatic N) is 1. The molecule has 1 heterocycles. The summed E-state index contributed by atoms with van der Waals surface area (Å²) in [6.45, 7) is 4.62. The van der Waals surface area contributed by atoms with Crippen LogP contribution in [0.15, 0.2) is 18.2 Å². The number of nitrogens with one attached hydrogen (secondary N) is 1. The molecule has 1 fully saturated rings. The lowest BCUT2D eigenvalue weighted by Crippen LogP contribution is -2.33. The highest BCUT2D eigenvalue weighted by atomic mass is 35.5. The van der Waals surface area contributed by atoms with Gasteiger partial charge < -0.3 is 15.4 Å². The second-order valence-corrected chi connectivity index (χ2v) is 5.19. The molecule has 1 aliphatic rings. The zero-order chi connectivity index (χ0) is 13.8. The van der Waals surface area contributed by atoms with Gasteiger partial charge in [0.1, 0.15) is 5.84 Å². The van der Waals surface area contributed by atoms with Crippen LogP contribution in [0, 0.1) is 5.41 Å². The Morgan fingerprint density at radius 1 is 1.58 bits per heavy atom. The second kappa shape index (κ2) is 6.26. The Balaban J connectivity index is 2.23. The lowest BCUT2D eigenvalue weighted by molar-refractivity contribution is 0.115. The fourth-order valence-corrected chi connectivity index (χ4v) is 2.60. The largest absolute Gasteiger partial charge is 0.384 e. The Hall–Kier alpha value is -1.26. The Morgan fingerprint density at radius 2 is 2.37 bits per heavy atom. The number of likely N-dealkylation sites (N-methyl/N-ethyl adjacent to an activating group) is 1. The molecule has 0 bridgehead atoms. The molecular weight excluding hydrogens is 262 g/mol. The summed E-state index contributed by atoms with van der Waals surface area (Å²) in [5.41, 5.74) is 7.29. The van der Waals surface area contributed by atoms with Gasteiger partial charge in [-0.25, -0.2) is 0 Å². The minimum absolute atomic E-state index is 0.0447. The predicted molar refractivity (Wildman–Crippen MR) is 79.3 cm³/mol. The summed E-state index contributed by atoms with van der Waals surface area (Å²) in [5.74, 6) is 0.0447. The number of benzene rings is 1. The van der Waals surface area contributed by atoms with Crippen molar-refractivity contribution in [1.82, 2.24) is 0 Å². The molecule has 4 nitrogen and oxygen atoms in total. The van der Waals surface area contributed by atoms with Gasteiger partial charge in [0.2, 0.25) is 0 Å². The molecule has 1 aromatic carbocycles. The third-order valence-electron chi connectivity index (χ3n) is 3.42. The van der Waals surface area contributed by atoms with Crippen LogP contribution >= 0.6 is 11.6 Å². The summed E-state index contributed by atoms with van der Waals surface area (Å²) >= 11 is 5.98. The van der Waals surface area contributed by atoms with E-state index in [9.17, 15) is 0 Å². The van der Waals surface area contributed by atoms with Crippen molar-refractivity contribution >= 4 is 23.1 Å². The minimum Gasteiger partial charge on any atom is -0.384 e. The van der Waals surface area contributed by atoms with Crippen molar-refractivity contribution in [2.45, 2.75) is 25.9 Å². The highest BCUT2D eigenvalue weighted by molar-refractivity contribution is 6.31. The van der Waals surface area contributed by atoms with Crippen molar-refractivity contribution in [2.24, 2.45) is 5.73 Å². The van der Waals surface area contributed by atoms with Crippen molar-refractivity contribution in [3.63, 3.8) is 0 Å². The van der Waals surface area contributed by atoms with Crippen molar-refractivity contribution < 1.29 is 4.74 Å². The van der Waals surface area contributed by atoms with E-state index in [0.29, 0.717) is 10.6 Å². The van der Waals surface area contributed by atoms with Gasteiger partial charge in [0.15, 0.2) is 0 Å². The van der Waals surface area contributed by atoms with E-state index >= 15 is 0 Å². The summed E-state index contributed by atoms with van der Waals surface area (Å²) in [7, 11) is 0. The Bertz CT molecular complexity index is 458. The highest BCUT2D eigenvalue weighted by Gasteiger charge is 2.20. The van der Waals surface area contributed by atoms with Crippen LogP contribution in [0.5, 0.6) is 0 Å². The van der Waals surface area contributed by atoms with E-state index in [-0.39, 0.29) is 11.9 Å². The van der Waals surface area contributed by atoms with Crippen LogP contribution in [-0.2, 0) is 4.74 Å². The van der Waals surface area contributed by atoms with Crippen LogP contribution in [0.2, 0.25) is 5.02 Å². The average molecular weight is 282 g/mol. The minimum atomic E-state index is 0.0447. The van der Waals surface area contributed by atoms with Crippen LogP contribution in [0.4, 0.5) is 5.69 Å². The molecule has 3 N–H and O–H groups in total. The van der Waals surface area contributed by atoms with Gasteiger partial charge >= 0.3 is 0 Å². The molecule has 0 radical (unpaired) electrons. The summed E-state index contributed by atoms with van der Waals surface area (Å²) in [6.07, 6.45) is 2.50. The quantitative estimate of drug-likeness (QED) is 0.644. The maximum Gasteiger partial charge on any atom is 0.124 e. The topological polar surface area (TPSA) is 62.3 Å². The van der Waals surface area contributed by atoms with E-state index < -0.39 is 0 Å². The van der Waals surface area contributed by atoms with E-state index in [2.05, 4.69) is 11.8 Å². The van der Waals surface area contributed by atoms with Crippen LogP contribution in [-0.4, -0.2) is 31.6 Å². The maximum atomic E-state index is 7.69. The Labute approximate surface area is 119 Å². The molecule has 0 aromatic heterocycles. The van der Waals surface area contributed by atoms with E-state index in [4.69, 9.17) is 27.5 Å². The molecule has 0 spiro atoms. The molecule has 5 heteroatoms. The van der Waals surface area contributed by atoms with Gasteiger partial charge in [-0.2, -0.15) is 0 Å². The Morgan fingerprint density at radius 3 is 2.95 bits per heavy atom. The summed E-state index contributed by atoms with van der Waals surface area (Å²) < 4.78 is 5.68. The van der Waals surface area contributed by atoms with E-state index in [1.165, 1.54) is 0 Å². The molecule has 2 rings (SSSR count). The SMILES string of the molecule is CCN(CC1CCCO1)c1ccc(Cl)cc1C(=N)N. The number of nitrogens with two attached hydrogens (primary N) is 1. The Kier molecular flexibility index (Phi) is 4.66. The first-order valence-corrected chi connectivity index (χ1v) is 7.00. The maximum absolute atomic E-state index is 7.69. The van der Waals surface area contributed by atoms with Crippen molar-refractivity contribution in [3.8, 4) is 0 Å². The number of nitrogen functional groups attached to an aromatic ring is 1. The van der Waals surface area contributed by atoms with Gasteiger partial charge in [0.05, 0.1) is 6.10 Å². The average Bonchev–Trinajstić information content (AvgIpc) is 2.89. The molecule has 104 valence electrons. The van der Waals surface area contributed by atoms with Crippen LogP contribution in [0.3, 0.4) is 0 Å². The van der Waals surface area contributed by atoms with Gasteiger partial charge in [-0.05, 0) is 38.0 Å². The third-order valence-corrected chi connectivity index (χ3v) is 3.65. The predicted octanol–water partition coefficient (Wildman–Crippen LogP) is 2.63. The molecular formula is C14H20ClN3O. The van der Waals surface area contributed by atoms with E-state index in [0.717, 1.165) is 38.2 Å². The molecule has 1 aromatic rings. The van der Waals surface area contributed by atoms with Gasteiger partial charge in [0, 0.05) is 36.0 Å². The zero-order valence-corrected chi connectivity index (χ0v) is 11.9. The van der Waals surface area contributed by atoms with Crippen LogP contribution in [0.1, 0.15) is 25.3 Å². The number of hydrogen-bond donors (Lipinski definition) is 2. The molecule has 1 aliphatic heterocycles. The van der Waals surface area contributed by atoms with Gasteiger partial charge in [-0.15, -0.1) is 0 Å². The lowest BCUT2D eigenvalue weighted by Gasteiger charge is -2.28. The van der Waals surface area contributed by atoms with E-state index in [1.54, 1.807) is 6.07 Å². The van der Waals surface area contributed by atoms with Crippen LogP contribution < -0.4 is 10.6 Å². The number of anilines is 1. The first kappa shape index (κ1) is 14.2. The number of hydrogen-bond acceptors (Lipinski definition) is 3. The summed E-state index contributed by atoms with van der Waals surface area (Å²) in [5, 5.41) is 8.29. The summed E-state index contributed by atoms with van der Waals surface area (Å²) in [6, 6.07) is 5.51. The number of rotatable bonds is 5. The third kappa shape index (κ3) is 3.39. The first-order valence-electron chi connectivity index (χ1n) is 6.62. The van der Waals surface area contributed by atoms with Crippen molar-refractivity contribution in [2.75, 3.05) is 24.6 Å². The number of amidine groups is 1. The van der Waals surface area contributed by atoms with Gasteiger partial charge in [0.25, 0.3) is 0 Å². The van der Waals surface area contributed by atoms with Crippen molar-refractivity contribution in [1.29, 1.82) is 5.41 Å². The molecule has 1 atom stereocenters. The van der Waals surface area contributed by atoms with Gasteiger partial charge in [-0.1, -0.05) is 11.6 Å². The van der Waals surface area contributed by atoms with E-state index in [1.807, 2.05) is 12.1 Å². The fourth-order valence-electron chi connectivity index (χ4n) is 2.43. The molecule has 0 saturated carbocycles. The zero-order valence-electron chi connectivity index (χ0n) is 11.2. The van der Waals surface area contributed by atoms with Gasteiger partial charge in [-0.3, -0.25) is 5.41 Å². The smallest absolute Gasteiger partial charge is 0.124 e. The second-order valence-electron chi connectivity index (χ2n) is 4.75. The normalized spacial score (nSPS) is 18.5. The standard InChI is InChI=1S/C14H20ClN3O/c1-2-18(9-11-4-3-7-19-11)13-6-5-10(15)8-12(13)14(16)17/h5-6,8,11H,2-4,7,9H2,1H3,(H3,16,17). The lowest BCUT2D eigenvalue weighted by atomic mass is 10.1. The van der Waals surface area contributed by atoms with Crippen LogP contribution in [0.25, 0.3) is 0 Å².